The van der Waals surface area contributed by atoms with E-state index in [2.05, 4.69) is 15.9 Å². The van der Waals surface area contributed by atoms with E-state index < -0.39 is 0 Å². The minimum absolute atomic E-state index is 0.109. The van der Waals surface area contributed by atoms with Crippen LogP contribution in [0.1, 0.15) is 5.56 Å². The minimum Gasteiger partial charge on any atom is -0.619 e. The van der Waals surface area contributed by atoms with Crippen LogP contribution < -0.4 is 4.73 Å². The van der Waals surface area contributed by atoms with E-state index in [9.17, 15) is 5.21 Å². The first kappa shape index (κ1) is 7.50. The van der Waals surface area contributed by atoms with Gasteiger partial charge in [0.15, 0.2) is 12.4 Å². The Morgan fingerprint density at radius 3 is 2.80 bits per heavy atom. The summed E-state index contributed by atoms with van der Waals surface area (Å²) < 4.78 is 1.32. The van der Waals surface area contributed by atoms with Crippen LogP contribution in [0.25, 0.3) is 0 Å². The van der Waals surface area contributed by atoms with Crippen LogP contribution >= 0.6 is 15.9 Å². The van der Waals surface area contributed by atoms with E-state index in [1.54, 1.807) is 6.07 Å². The van der Waals surface area contributed by atoms with E-state index in [-0.39, 0.29) is 6.61 Å². The molecule has 0 saturated heterocycles. The molecule has 0 amide bonds. The summed E-state index contributed by atoms with van der Waals surface area (Å²) in [6, 6.07) is 1.69. The van der Waals surface area contributed by atoms with E-state index in [0.29, 0.717) is 14.8 Å². The average Bonchev–Trinajstić information content (AvgIpc) is 1.85. The lowest BCUT2D eigenvalue weighted by molar-refractivity contribution is -0.606. The van der Waals surface area contributed by atoms with E-state index in [4.69, 9.17) is 5.11 Å². The van der Waals surface area contributed by atoms with Gasteiger partial charge in [-0.2, -0.15) is 4.73 Å². The van der Waals surface area contributed by atoms with Gasteiger partial charge in [0.25, 0.3) is 0 Å². The second-order valence-electron chi connectivity index (χ2n) is 1.88. The summed E-state index contributed by atoms with van der Waals surface area (Å²) in [4.78, 5) is 0. The summed E-state index contributed by atoms with van der Waals surface area (Å²) in [7, 11) is 0. The fourth-order valence-electron chi connectivity index (χ4n) is 0.660. The molecule has 0 atom stereocenters. The molecule has 3 nitrogen and oxygen atoms in total. The lowest BCUT2D eigenvalue weighted by Crippen LogP contribution is -2.25. The van der Waals surface area contributed by atoms with Gasteiger partial charge in [0.05, 0.1) is 11.1 Å². The van der Waals surface area contributed by atoms with E-state index >= 15 is 0 Å². The largest absolute Gasteiger partial charge is 0.619 e. The summed E-state index contributed by atoms with van der Waals surface area (Å²) in [5.74, 6) is 0. The molecule has 1 rings (SSSR count). The van der Waals surface area contributed by atoms with Gasteiger partial charge in [-0.3, -0.25) is 0 Å². The number of nitrogens with zero attached hydrogens (tertiary/aromatic N) is 1. The molecule has 0 spiro atoms. The van der Waals surface area contributed by atoms with Crippen LogP contribution in [-0.2, 0) is 6.61 Å². The van der Waals surface area contributed by atoms with Crippen molar-refractivity contribution in [2.24, 2.45) is 0 Å². The molecule has 1 aromatic rings. The molecule has 0 fully saturated rings. The van der Waals surface area contributed by atoms with Crippen molar-refractivity contribution in [1.29, 1.82) is 0 Å². The number of hydrogen-bond donors (Lipinski definition) is 1. The van der Waals surface area contributed by atoms with E-state index in [0.717, 1.165) is 0 Å². The molecule has 1 N–H and O–H groups in total. The van der Waals surface area contributed by atoms with Crippen LogP contribution in [0.3, 0.4) is 0 Å². The maximum atomic E-state index is 10.6. The Kier molecular flexibility index (Phi) is 2.24. The maximum absolute atomic E-state index is 10.6. The molecule has 4 heteroatoms. The van der Waals surface area contributed by atoms with Gasteiger partial charge < -0.3 is 10.3 Å². The third kappa shape index (κ3) is 1.68. The average molecular weight is 204 g/mol. The lowest BCUT2D eigenvalue weighted by atomic mass is 10.3. The summed E-state index contributed by atoms with van der Waals surface area (Å²) in [5.41, 5.74) is 0.601. The first-order valence-electron chi connectivity index (χ1n) is 2.71. The Labute approximate surface area is 66.6 Å². The molecule has 0 saturated carbocycles. The van der Waals surface area contributed by atoms with Crippen LogP contribution in [0, 0.1) is 5.21 Å². The molecule has 0 radical (unpaired) electrons. The smallest absolute Gasteiger partial charge is 0.194 e. The molecule has 10 heavy (non-hydrogen) atoms. The zero-order valence-corrected chi connectivity index (χ0v) is 6.71. The predicted molar refractivity (Wildman–Crippen MR) is 39.0 cm³/mol. The molecule has 0 aromatic carbocycles. The number of halogens is 1. The third-order valence-corrected chi connectivity index (χ3v) is 1.48. The second kappa shape index (κ2) is 2.98. The fraction of sp³-hybridized carbons (Fsp3) is 0.167. The molecule has 1 aromatic heterocycles. The zero-order chi connectivity index (χ0) is 7.56. The molecule has 0 aliphatic carbocycles. The van der Waals surface area contributed by atoms with Gasteiger partial charge in [0.2, 0.25) is 0 Å². The zero-order valence-electron chi connectivity index (χ0n) is 5.12. The highest BCUT2D eigenvalue weighted by atomic mass is 79.9. The third-order valence-electron chi connectivity index (χ3n) is 1.05. The quantitative estimate of drug-likeness (QED) is 0.537. The molecular formula is C6H6BrNO2. The summed E-state index contributed by atoms with van der Waals surface area (Å²) in [5, 5.41) is 19.3. The molecule has 0 aliphatic heterocycles. The predicted octanol–water partition coefficient (Wildman–Crippen LogP) is 0.575. The minimum atomic E-state index is -0.109. The number of aliphatic hydroxyl groups excluding tert-OH is 1. The lowest BCUT2D eigenvalue weighted by Gasteiger charge is -1.98. The molecule has 0 aliphatic rings. The fourth-order valence-corrected chi connectivity index (χ4v) is 1.16. The Hall–Kier alpha value is -0.610. The SMILES string of the molecule is [O-][n+]1cc(Br)cc(CO)c1. The summed E-state index contributed by atoms with van der Waals surface area (Å²) in [6.07, 6.45) is 2.70. The standard InChI is InChI=1S/C6H6BrNO2/c7-6-1-5(4-9)2-8(10)3-6/h1-3,9H,4H2. The van der Waals surface area contributed by atoms with Gasteiger partial charge >= 0.3 is 0 Å². The summed E-state index contributed by atoms with van der Waals surface area (Å²) in [6.45, 7) is -0.109. The highest BCUT2D eigenvalue weighted by Gasteiger charge is 1.98. The van der Waals surface area contributed by atoms with Crippen LogP contribution in [-0.4, -0.2) is 5.11 Å². The van der Waals surface area contributed by atoms with Crippen molar-refractivity contribution < 1.29 is 9.84 Å². The molecule has 1 heterocycles. The number of rotatable bonds is 1. The maximum Gasteiger partial charge on any atom is 0.194 e. The van der Waals surface area contributed by atoms with Gasteiger partial charge in [0.1, 0.15) is 0 Å². The first-order valence-corrected chi connectivity index (χ1v) is 3.51. The van der Waals surface area contributed by atoms with Gasteiger partial charge in [-0.25, -0.2) is 0 Å². The monoisotopic (exact) mass is 203 g/mol. The van der Waals surface area contributed by atoms with Gasteiger partial charge in [-0.15, -0.1) is 0 Å². The molecule has 0 unspecified atom stereocenters. The van der Waals surface area contributed by atoms with Crippen molar-refractivity contribution in [3.63, 3.8) is 0 Å². The van der Waals surface area contributed by atoms with E-state index in [1.807, 2.05) is 0 Å². The van der Waals surface area contributed by atoms with Crippen molar-refractivity contribution in [3.8, 4) is 0 Å². The highest BCUT2D eigenvalue weighted by Crippen LogP contribution is 2.07. The molecule has 54 valence electrons. The Morgan fingerprint density at radius 1 is 1.60 bits per heavy atom. The topological polar surface area (TPSA) is 47.2 Å². The number of aliphatic hydroxyl groups is 1. The van der Waals surface area contributed by atoms with Crippen molar-refractivity contribution in [3.05, 3.63) is 33.7 Å². The van der Waals surface area contributed by atoms with E-state index in [1.165, 1.54) is 12.4 Å². The Balaban J connectivity index is 3.06. The van der Waals surface area contributed by atoms with Crippen LogP contribution in [0.4, 0.5) is 0 Å². The second-order valence-corrected chi connectivity index (χ2v) is 2.80. The number of pyridine rings is 1. The molecular weight excluding hydrogens is 198 g/mol. The number of aromatic nitrogens is 1. The Morgan fingerprint density at radius 2 is 2.30 bits per heavy atom. The Bertz CT molecular complexity index is 219. The van der Waals surface area contributed by atoms with Crippen molar-refractivity contribution in [2.45, 2.75) is 6.61 Å². The normalized spacial score (nSPS) is 9.80. The number of hydrogen-bond acceptors (Lipinski definition) is 2. The first-order chi connectivity index (χ1) is 4.72. The van der Waals surface area contributed by atoms with Crippen LogP contribution in [0.15, 0.2) is 22.9 Å². The van der Waals surface area contributed by atoms with Crippen molar-refractivity contribution in [2.75, 3.05) is 0 Å². The van der Waals surface area contributed by atoms with Gasteiger partial charge in [-0.1, -0.05) is 0 Å². The van der Waals surface area contributed by atoms with Crippen LogP contribution in [0.5, 0.6) is 0 Å². The van der Waals surface area contributed by atoms with Crippen molar-refractivity contribution >= 4 is 15.9 Å². The molecule has 0 bridgehead atoms. The van der Waals surface area contributed by atoms with Crippen LogP contribution in [0.2, 0.25) is 0 Å². The van der Waals surface area contributed by atoms with Crippen molar-refractivity contribution in [1.82, 2.24) is 0 Å². The summed E-state index contributed by atoms with van der Waals surface area (Å²) >= 11 is 3.12. The highest BCUT2D eigenvalue weighted by molar-refractivity contribution is 9.10. The van der Waals surface area contributed by atoms with Gasteiger partial charge in [-0.05, 0) is 22.0 Å². The van der Waals surface area contributed by atoms with Gasteiger partial charge in [0, 0.05) is 5.56 Å².